The van der Waals surface area contributed by atoms with Gasteiger partial charge in [-0.1, -0.05) is 47.0 Å². The first-order valence-electron chi connectivity index (χ1n) is 6.73. The van der Waals surface area contributed by atoms with E-state index in [1.807, 2.05) is 0 Å². The molecule has 0 aromatic heterocycles. The molecule has 0 spiro atoms. The van der Waals surface area contributed by atoms with E-state index in [0.717, 1.165) is 18.4 Å². The van der Waals surface area contributed by atoms with E-state index in [-0.39, 0.29) is 0 Å². The molecule has 2 atom stereocenters. The molecule has 0 amide bonds. The van der Waals surface area contributed by atoms with Gasteiger partial charge in [0.25, 0.3) is 0 Å². The van der Waals surface area contributed by atoms with Crippen molar-refractivity contribution in [3.63, 3.8) is 0 Å². The Labute approximate surface area is 96.6 Å². The van der Waals surface area contributed by atoms with Crippen LogP contribution in [0.25, 0.3) is 0 Å². The number of ether oxygens (including phenoxy) is 1. The van der Waals surface area contributed by atoms with Crippen LogP contribution in [0.4, 0.5) is 0 Å². The first-order chi connectivity index (χ1) is 7.11. The summed E-state index contributed by atoms with van der Waals surface area (Å²) in [6.07, 6.45) is 6.86. The van der Waals surface area contributed by atoms with E-state index in [0.29, 0.717) is 6.10 Å². The van der Waals surface area contributed by atoms with E-state index in [4.69, 9.17) is 4.74 Å². The summed E-state index contributed by atoms with van der Waals surface area (Å²) in [4.78, 5) is 0. The van der Waals surface area contributed by atoms with Gasteiger partial charge in [0.2, 0.25) is 0 Å². The monoisotopic (exact) mass is 214 g/mol. The summed E-state index contributed by atoms with van der Waals surface area (Å²) in [6.45, 7) is 12.2. The molecular weight excluding hydrogens is 184 g/mol. The Balaban J connectivity index is 3.67. The minimum atomic E-state index is 0.445. The third-order valence-electron chi connectivity index (χ3n) is 3.19. The molecule has 0 aromatic rings. The van der Waals surface area contributed by atoms with Crippen LogP contribution >= 0.6 is 0 Å². The first-order valence-corrected chi connectivity index (χ1v) is 6.73. The molecule has 0 heterocycles. The average Bonchev–Trinajstić information content (AvgIpc) is 2.18. The zero-order chi connectivity index (χ0) is 11.7. The molecule has 0 aliphatic carbocycles. The lowest BCUT2D eigenvalue weighted by Gasteiger charge is -2.23. The molecule has 0 N–H and O–H groups in total. The second-order valence-electron chi connectivity index (χ2n) is 5.07. The normalized spacial score (nSPS) is 15.6. The summed E-state index contributed by atoms with van der Waals surface area (Å²) < 4.78 is 5.90. The molecule has 0 rings (SSSR count). The molecule has 92 valence electrons. The highest BCUT2D eigenvalue weighted by Gasteiger charge is 2.15. The van der Waals surface area contributed by atoms with Crippen LogP contribution in [0.1, 0.15) is 66.7 Å². The summed E-state index contributed by atoms with van der Waals surface area (Å²) in [7, 11) is 0. The number of rotatable bonds is 9. The fourth-order valence-electron chi connectivity index (χ4n) is 1.86. The number of hydrogen-bond acceptors (Lipinski definition) is 1. The summed E-state index contributed by atoms with van der Waals surface area (Å²) in [5, 5.41) is 0. The van der Waals surface area contributed by atoms with Gasteiger partial charge in [-0.15, -0.1) is 0 Å². The van der Waals surface area contributed by atoms with Crippen LogP contribution in [0.15, 0.2) is 0 Å². The van der Waals surface area contributed by atoms with Gasteiger partial charge in [-0.2, -0.15) is 0 Å². The SMILES string of the molecule is CCCCC(CC)C(C)OCCC(C)C. The molecule has 0 saturated heterocycles. The number of unbranched alkanes of at least 4 members (excludes halogenated alkanes) is 1. The fraction of sp³-hybridized carbons (Fsp3) is 1.00. The highest BCUT2D eigenvalue weighted by Crippen LogP contribution is 2.19. The lowest BCUT2D eigenvalue weighted by atomic mass is 9.94. The third-order valence-corrected chi connectivity index (χ3v) is 3.19. The number of hydrogen-bond donors (Lipinski definition) is 0. The maximum Gasteiger partial charge on any atom is 0.0575 e. The van der Waals surface area contributed by atoms with Gasteiger partial charge in [-0.25, -0.2) is 0 Å². The van der Waals surface area contributed by atoms with Crippen molar-refractivity contribution in [3.05, 3.63) is 0 Å². The van der Waals surface area contributed by atoms with Gasteiger partial charge >= 0.3 is 0 Å². The van der Waals surface area contributed by atoms with Crippen LogP contribution < -0.4 is 0 Å². The quantitative estimate of drug-likeness (QED) is 0.542. The van der Waals surface area contributed by atoms with Gasteiger partial charge in [-0.3, -0.25) is 0 Å². The molecule has 1 heteroatoms. The molecule has 0 aliphatic rings. The Morgan fingerprint density at radius 1 is 1.00 bits per heavy atom. The van der Waals surface area contributed by atoms with Crippen LogP contribution in [-0.2, 0) is 4.74 Å². The van der Waals surface area contributed by atoms with E-state index in [9.17, 15) is 0 Å². The minimum Gasteiger partial charge on any atom is -0.378 e. The van der Waals surface area contributed by atoms with E-state index in [1.165, 1.54) is 32.1 Å². The van der Waals surface area contributed by atoms with Crippen LogP contribution in [0.5, 0.6) is 0 Å². The molecule has 0 saturated carbocycles. The Morgan fingerprint density at radius 2 is 1.67 bits per heavy atom. The third kappa shape index (κ3) is 7.84. The minimum absolute atomic E-state index is 0.445. The fourth-order valence-corrected chi connectivity index (χ4v) is 1.86. The second kappa shape index (κ2) is 9.21. The highest BCUT2D eigenvalue weighted by atomic mass is 16.5. The summed E-state index contributed by atoms with van der Waals surface area (Å²) in [5.74, 6) is 1.52. The van der Waals surface area contributed by atoms with E-state index < -0.39 is 0 Å². The Kier molecular flexibility index (Phi) is 9.18. The van der Waals surface area contributed by atoms with Crippen molar-refractivity contribution >= 4 is 0 Å². The van der Waals surface area contributed by atoms with Gasteiger partial charge in [0.15, 0.2) is 0 Å². The Bertz CT molecular complexity index is 131. The molecule has 15 heavy (non-hydrogen) atoms. The zero-order valence-electron chi connectivity index (χ0n) is 11.4. The van der Waals surface area contributed by atoms with Gasteiger partial charge in [0, 0.05) is 6.61 Å². The van der Waals surface area contributed by atoms with E-state index >= 15 is 0 Å². The van der Waals surface area contributed by atoms with Crippen LogP contribution in [0.2, 0.25) is 0 Å². The molecular formula is C14H30O. The van der Waals surface area contributed by atoms with Crippen molar-refractivity contribution in [1.82, 2.24) is 0 Å². The van der Waals surface area contributed by atoms with Crippen molar-refractivity contribution in [2.45, 2.75) is 72.8 Å². The maximum atomic E-state index is 5.90. The summed E-state index contributed by atoms with van der Waals surface area (Å²) in [6, 6.07) is 0. The largest absolute Gasteiger partial charge is 0.378 e. The molecule has 0 aliphatic heterocycles. The molecule has 0 fully saturated rings. The second-order valence-corrected chi connectivity index (χ2v) is 5.07. The smallest absolute Gasteiger partial charge is 0.0575 e. The lowest BCUT2D eigenvalue weighted by molar-refractivity contribution is 0.0150. The van der Waals surface area contributed by atoms with Crippen molar-refractivity contribution in [3.8, 4) is 0 Å². The average molecular weight is 214 g/mol. The Morgan fingerprint density at radius 3 is 2.13 bits per heavy atom. The summed E-state index contributed by atoms with van der Waals surface area (Å²) in [5.41, 5.74) is 0. The van der Waals surface area contributed by atoms with Gasteiger partial charge in [-0.05, 0) is 31.6 Å². The van der Waals surface area contributed by atoms with Crippen LogP contribution in [-0.4, -0.2) is 12.7 Å². The molecule has 0 radical (unpaired) electrons. The topological polar surface area (TPSA) is 9.23 Å². The molecule has 0 bridgehead atoms. The standard InChI is InChI=1S/C14H30O/c1-6-8-9-14(7-2)13(5)15-11-10-12(3)4/h12-14H,6-11H2,1-5H3. The van der Waals surface area contributed by atoms with Crippen molar-refractivity contribution < 1.29 is 4.74 Å². The first kappa shape index (κ1) is 15.0. The van der Waals surface area contributed by atoms with Crippen molar-refractivity contribution in [2.24, 2.45) is 11.8 Å². The highest BCUT2D eigenvalue weighted by molar-refractivity contribution is 4.65. The molecule has 1 nitrogen and oxygen atoms in total. The van der Waals surface area contributed by atoms with Gasteiger partial charge in [0.05, 0.1) is 6.10 Å². The summed E-state index contributed by atoms with van der Waals surface area (Å²) >= 11 is 0. The molecule has 0 aromatic carbocycles. The van der Waals surface area contributed by atoms with Crippen LogP contribution in [0.3, 0.4) is 0 Å². The van der Waals surface area contributed by atoms with E-state index in [1.54, 1.807) is 0 Å². The van der Waals surface area contributed by atoms with Gasteiger partial charge < -0.3 is 4.74 Å². The van der Waals surface area contributed by atoms with Crippen molar-refractivity contribution in [2.75, 3.05) is 6.61 Å². The Hall–Kier alpha value is -0.0400. The lowest BCUT2D eigenvalue weighted by Crippen LogP contribution is -2.21. The predicted molar refractivity (Wildman–Crippen MR) is 68.2 cm³/mol. The van der Waals surface area contributed by atoms with Crippen LogP contribution in [0, 0.1) is 11.8 Å². The van der Waals surface area contributed by atoms with Crippen molar-refractivity contribution in [1.29, 1.82) is 0 Å². The van der Waals surface area contributed by atoms with Gasteiger partial charge in [0.1, 0.15) is 0 Å². The molecule has 2 unspecified atom stereocenters. The predicted octanol–water partition coefficient (Wildman–Crippen LogP) is 4.65. The zero-order valence-corrected chi connectivity index (χ0v) is 11.4. The van der Waals surface area contributed by atoms with E-state index in [2.05, 4.69) is 34.6 Å². The maximum absolute atomic E-state index is 5.90.